The van der Waals surface area contributed by atoms with Crippen LogP contribution in [0.25, 0.3) is 10.8 Å². The van der Waals surface area contributed by atoms with Gasteiger partial charge in [0, 0.05) is 48.5 Å². The fraction of sp³-hybridized carbons (Fsp3) is 0.190. The van der Waals surface area contributed by atoms with Crippen LogP contribution in [0.1, 0.15) is 10.4 Å². The van der Waals surface area contributed by atoms with Crippen molar-refractivity contribution in [2.75, 3.05) is 36.4 Å². The number of benzene rings is 3. The third-order valence-corrected chi connectivity index (χ3v) is 4.61. The topological polar surface area (TPSA) is 44.4 Å². The molecule has 0 saturated carbocycles. The number of hydrogen-bond acceptors (Lipinski definition) is 3. The molecule has 1 aliphatic rings. The van der Waals surface area contributed by atoms with E-state index in [-0.39, 0.29) is 5.91 Å². The SMILES string of the molecule is O=C(Nc1ccc2cccc(N3CCNCC3)c2c1)c1ccccc1. The number of piperazine rings is 1. The van der Waals surface area contributed by atoms with Gasteiger partial charge >= 0.3 is 0 Å². The Morgan fingerprint density at radius 3 is 2.52 bits per heavy atom. The minimum absolute atomic E-state index is 0.0837. The number of hydrogen-bond donors (Lipinski definition) is 2. The average Bonchev–Trinajstić information content (AvgIpc) is 2.69. The highest BCUT2D eigenvalue weighted by Gasteiger charge is 2.14. The van der Waals surface area contributed by atoms with Crippen LogP contribution in [0.15, 0.2) is 66.7 Å². The molecule has 4 rings (SSSR count). The Hall–Kier alpha value is -2.85. The fourth-order valence-corrected chi connectivity index (χ4v) is 3.31. The Balaban J connectivity index is 1.65. The van der Waals surface area contributed by atoms with Gasteiger partial charge in [0.05, 0.1) is 0 Å². The summed E-state index contributed by atoms with van der Waals surface area (Å²) in [6.45, 7) is 4.00. The monoisotopic (exact) mass is 331 g/mol. The lowest BCUT2D eigenvalue weighted by atomic mass is 10.1. The second-order valence-corrected chi connectivity index (χ2v) is 6.27. The molecular formula is C21H21N3O. The van der Waals surface area contributed by atoms with Gasteiger partial charge in [-0.3, -0.25) is 4.79 Å². The Labute approximate surface area is 147 Å². The van der Waals surface area contributed by atoms with Crippen LogP contribution in [0.3, 0.4) is 0 Å². The quantitative estimate of drug-likeness (QED) is 0.772. The van der Waals surface area contributed by atoms with Gasteiger partial charge in [0.2, 0.25) is 0 Å². The lowest BCUT2D eigenvalue weighted by Crippen LogP contribution is -2.43. The van der Waals surface area contributed by atoms with E-state index in [9.17, 15) is 4.79 Å². The Morgan fingerprint density at radius 2 is 1.72 bits per heavy atom. The summed E-state index contributed by atoms with van der Waals surface area (Å²) in [6, 6.07) is 21.8. The van der Waals surface area contributed by atoms with Crippen LogP contribution in [0.5, 0.6) is 0 Å². The van der Waals surface area contributed by atoms with Crippen LogP contribution in [-0.2, 0) is 0 Å². The summed E-state index contributed by atoms with van der Waals surface area (Å²) < 4.78 is 0. The summed E-state index contributed by atoms with van der Waals surface area (Å²) in [5.41, 5.74) is 2.72. The first-order chi connectivity index (χ1) is 12.3. The maximum Gasteiger partial charge on any atom is 0.255 e. The number of anilines is 2. The molecular weight excluding hydrogens is 310 g/mol. The predicted molar refractivity (Wildman–Crippen MR) is 103 cm³/mol. The molecule has 3 aromatic rings. The number of carbonyl (C=O) groups excluding carboxylic acids is 1. The average molecular weight is 331 g/mol. The smallest absolute Gasteiger partial charge is 0.255 e. The minimum Gasteiger partial charge on any atom is -0.368 e. The van der Waals surface area contributed by atoms with Gasteiger partial charge in [0.15, 0.2) is 0 Å². The first-order valence-corrected chi connectivity index (χ1v) is 8.66. The number of amides is 1. The standard InChI is InChI=1S/C21H21N3O/c25-21(17-5-2-1-3-6-17)23-18-10-9-16-7-4-8-20(19(16)15-18)24-13-11-22-12-14-24/h1-10,15,22H,11-14H2,(H,23,25). The highest BCUT2D eigenvalue weighted by atomic mass is 16.1. The summed E-state index contributed by atoms with van der Waals surface area (Å²) in [5.74, 6) is -0.0837. The molecule has 25 heavy (non-hydrogen) atoms. The van der Waals surface area contributed by atoms with Gasteiger partial charge in [0.25, 0.3) is 5.91 Å². The van der Waals surface area contributed by atoms with Gasteiger partial charge < -0.3 is 15.5 Å². The summed E-state index contributed by atoms with van der Waals surface area (Å²) in [7, 11) is 0. The lowest BCUT2D eigenvalue weighted by molar-refractivity contribution is 0.102. The molecule has 126 valence electrons. The van der Waals surface area contributed by atoms with E-state index < -0.39 is 0 Å². The molecule has 1 aliphatic heterocycles. The van der Waals surface area contributed by atoms with Crippen molar-refractivity contribution >= 4 is 28.1 Å². The van der Waals surface area contributed by atoms with Crippen LogP contribution in [0.4, 0.5) is 11.4 Å². The van der Waals surface area contributed by atoms with Crippen LogP contribution >= 0.6 is 0 Å². The normalized spacial score (nSPS) is 14.5. The lowest BCUT2D eigenvalue weighted by Gasteiger charge is -2.30. The zero-order valence-corrected chi connectivity index (χ0v) is 14.0. The number of rotatable bonds is 3. The van der Waals surface area contributed by atoms with E-state index in [4.69, 9.17) is 0 Å². The highest BCUT2D eigenvalue weighted by Crippen LogP contribution is 2.29. The van der Waals surface area contributed by atoms with Gasteiger partial charge in [-0.15, -0.1) is 0 Å². The molecule has 3 aromatic carbocycles. The number of nitrogens with zero attached hydrogens (tertiary/aromatic N) is 1. The molecule has 0 unspecified atom stereocenters. The van der Waals surface area contributed by atoms with Crippen molar-refractivity contribution in [2.45, 2.75) is 0 Å². The van der Waals surface area contributed by atoms with Crippen molar-refractivity contribution in [3.63, 3.8) is 0 Å². The van der Waals surface area contributed by atoms with Crippen molar-refractivity contribution in [1.82, 2.24) is 5.32 Å². The molecule has 0 radical (unpaired) electrons. The summed E-state index contributed by atoms with van der Waals surface area (Å²) in [5, 5.41) is 8.77. The molecule has 4 nitrogen and oxygen atoms in total. The predicted octanol–water partition coefficient (Wildman–Crippen LogP) is 3.50. The number of nitrogens with one attached hydrogen (secondary N) is 2. The van der Waals surface area contributed by atoms with Crippen LogP contribution < -0.4 is 15.5 Å². The minimum atomic E-state index is -0.0837. The van der Waals surface area contributed by atoms with E-state index in [1.807, 2.05) is 36.4 Å². The molecule has 0 aliphatic carbocycles. The Kier molecular flexibility index (Phi) is 4.36. The summed E-state index contributed by atoms with van der Waals surface area (Å²) >= 11 is 0. The van der Waals surface area contributed by atoms with Crippen molar-refractivity contribution in [3.8, 4) is 0 Å². The molecule has 0 aromatic heterocycles. The van der Waals surface area contributed by atoms with E-state index in [2.05, 4.69) is 45.9 Å². The summed E-state index contributed by atoms with van der Waals surface area (Å²) in [6.07, 6.45) is 0. The summed E-state index contributed by atoms with van der Waals surface area (Å²) in [4.78, 5) is 14.8. The van der Waals surface area contributed by atoms with Crippen molar-refractivity contribution < 1.29 is 4.79 Å². The van der Waals surface area contributed by atoms with Crippen molar-refractivity contribution in [2.24, 2.45) is 0 Å². The van der Waals surface area contributed by atoms with E-state index in [1.165, 1.54) is 16.5 Å². The second-order valence-electron chi connectivity index (χ2n) is 6.27. The maximum atomic E-state index is 12.4. The number of fused-ring (bicyclic) bond motifs is 1. The van der Waals surface area contributed by atoms with Gasteiger partial charge in [0.1, 0.15) is 0 Å². The molecule has 1 heterocycles. The Bertz CT molecular complexity index is 886. The van der Waals surface area contributed by atoms with Gasteiger partial charge in [-0.05, 0) is 35.7 Å². The molecule has 1 fully saturated rings. The van der Waals surface area contributed by atoms with Crippen LogP contribution in [0, 0.1) is 0 Å². The van der Waals surface area contributed by atoms with Crippen molar-refractivity contribution in [1.29, 1.82) is 0 Å². The first kappa shape index (κ1) is 15.7. The van der Waals surface area contributed by atoms with Gasteiger partial charge in [-0.25, -0.2) is 0 Å². The molecule has 2 N–H and O–H groups in total. The van der Waals surface area contributed by atoms with Crippen LogP contribution in [-0.4, -0.2) is 32.1 Å². The van der Waals surface area contributed by atoms with Gasteiger partial charge in [-0.1, -0.05) is 36.4 Å². The largest absolute Gasteiger partial charge is 0.368 e. The zero-order valence-electron chi connectivity index (χ0n) is 14.0. The zero-order chi connectivity index (χ0) is 17.1. The number of carbonyl (C=O) groups is 1. The molecule has 4 heteroatoms. The maximum absolute atomic E-state index is 12.4. The molecule has 1 saturated heterocycles. The third kappa shape index (κ3) is 3.35. The van der Waals surface area contributed by atoms with Crippen molar-refractivity contribution in [3.05, 3.63) is 72.3 Å². The van der Waals surface area contributed by atoms with Gasteiger partial charge in [-0.2, -0.15) is 0 Å². The van der Waals surface area contributed by atoms with E-state index >= 15 is 0 Å². The molecule has 0 spiro atoms. The highest BCUT2D eigenvalue weighted by molar-refractivity contribution is 6.06. The molecule has 1 amide bonds. The third-order valence-electron chi connectivity index (χ3n) is 4.61. The molecule has 0 bridgehead atoms. The first-order valence-electron chi connectivity index (χ1n) is 8.66. The molecule has 0 atom stereocenters. The van der Waals surface area contributed by atoms with Crippen LogP contribution in [0.2, 0.25) is 0 Å². The Morgan fingerprint density at radius 1 is 0.920 bits per heavy atom. The fourth-order valence-electron chi connectivity index (χ4n) is 3.31. The van der Waals surface area contributed by atoms with E-state index in [0.717, 1.165) is 31.9 Å². The van der Waals surface area contributed by atoms with E-state index in [0.29, 0.717) is 5.56 Å². The van der Waals surface area contributed by atoms with E-state index in [1.54, 1.807) is 0 Å². The second kappa shape index (κ2) is 6.95.